The highest BCUT2D eigenvalue weighted by molar-refractivity contribution is 6.36. The molecular weight excluding hydrogens is 322 g/mol. The molecule has 3 N–H and O–H groups in total. The zero-order valence-corrected chi connectivity index (χ0v) is 14.3. The van der Waals surface area contributed by atoms with Gasteiger partial charge in [0.15, 0.2) is 0 Å². The van der Waals surface area contributed by atoms with Gasteiger partial charge in [-0.3, -0.25) is 0 Å². The Hall–Kier alpha value is -2.30. The zero-order chi connectivity index (χ0) is 16.8. The number of hydrogen-bond acceptors (Lipinski definition) is 2. The van der Waals surface area contributed by atoms with E-state index in [2.05, 4.69) is 27.9 Å². The summed E-state index contributed by atoms with van der Waals surface area (Å²) in [5.41, 5.74) is 5.73. The molecule has 2 aromatic heterocycles. The molecule has 0 amide bonds. The molecule has 24 heavy (non-hydrogen) atoms. The number of aliphatic hydroxyl groups is 1. The van der Waals surface area contributed by atoms with Crippen molar-refractivity contribution in [3.05, 3.63) is 64.1 Å². The fourth-order valence-electron chi connectivity index (χ4n) is 3.39. The van der Waals surface area contributed by atoms with E-state index < -0.39 is 6.10 Å². The van der Waals surface area contributed by atoms with Crippen molar-refractivity contribution in [3.63, 3.8) is 0 Å². The maximum atomic E-state index is 11.1. The number of aromatic nitrogens is 3. The molecule has 0 aliphatic heterocycles. The Balaban J connectivity index is 1.97. The Morgan fingerprint density at radius 3 is 2.83 bits per heavy atom. The van der Waals surface area contributed by atoms with E-state index in [-0.39, 0.29) is 0 Å². The number of para-hydroxylation sites is 2. The number of benzene rings is 2. The summed E-state index contributed by atoms with van der Waals surface area (Å²) in [6.07, 6.45) is 1.72. The molecule has 5 heteroatoms. The highest BCUT2D eigenvalue weighted by Crippen LogP contribution is 2.37. The van der Waals surface area contributed by atoms with Crippen molar-refractivity contribution in [2.24, 2.45) is 0 Å². The van der Waals surface area contributed by atoms with Gasteiger partial charge in [-0.15, -0.1) is 0 Å². The van der Waals surface area contributed by atoms with Crippen LogP contribution in [0.5, 0.6) is 0 Å². The predicted molar refractivity (Wildman–Crippen MR) is 97.6 cm³/mol. The normalized spacial score (nSPS) is 13.0. The smallest absolute Gasteiger partial charge is 0.140 e. The Kier molecular flexibility index (Phi) is 3.59. The lowest BCUT2D eigenvalue weighted by Gasteiger charge is -2.16. The quantitative estimate of drug-likeness (QED) is 0.508. The summed E-state index contributed by atoms with van der Waals surface area (Å²) < 4.78 is 0. The molecule has 0 saturated heterocycles. The number of aryl methyl sites for hydroxylation is 2. The predicted octanol–water partition coefficient (Wildman–Crippen LogP) is 4.65. The van der Waals surface area contributed by atoms with Crippen LogP contribution < -0.4 is 0 Å². The topological polar surface area (TPSA) is 64.7 Å². The lowest BCUT2D eigenvalue weighted by Crippen LogP contribution is -2.07. The van der Waals surface area contributed by atoms with Crippen LogP contribution in [-0.2, 0) is 6.42 Å². The molecule has 0 saturated carbocycles. The van der Waals surface area contributed by atoms with E-state index in [1.165, 1.54) is 0 Å². The molecule has 122 valence electrons. The first-order valence-corrected chi connectivity index (χ1v) is 8.39. The minimum atomic E-state index is -0.858. The summed E-state index contributed by atoms with van der Waals surface area (Å²) in [7, 11) is 0. The van der Waals surface area contributed by atoms with Crippen molar-refractivity contribution >= 4 is 33.5 Å². The average molecular weight is 340 g/mol. The maximum absolute atomic E-state index is 11.1. The molecule has 1 atom stereocenters. The standard InChI is InChI=1S/C19H18ClN3O/c1-3-11-8-10(2)17-16(12(20)9-21-17)15(11)18(24)19-22-13-6-4-5-7-14(13)23-19/h4-9,18,21,24H,3H2,1-2H3,(H,22,23). The first-order chi connectivity index (χ1) is 11.6. The Bertz CT molecular complexity index is 1010. The molecule has 0 bridgehead atoms. The van der Waals surface area contributed by atoms with Crippen molar-refractivity contribution in [1.82, 2.24) is 15.0 Å². The number of imidazole rings is 1. The SMILES string of the molecule is CCc1cc(C)c2[nH]cc(Cl)c2c1C(O)c1nc2ccccc2[nH]1. The van der Waals surface area contributed by atoms with E-state index >= 15 is 0 Å². The second kappa shape index (κ2) is 5.65. The van der Waals surface area contributed by atoms with Crippen LogP contribution in [0.3, 0.4) is 0 Å². The number of nitrogens with one attached hydrogen (secondary N) is 2. The molecule has 0 aliphatic carbocycles. The monoisotopic (exact) mass is 339 g/mol. The summed E-state index contributed by atoms with van der Waals surface area (Å²) in [5.74, 6) is 0.535. The van der Waals surface area contributed by atoms with E-state index in [0.29, 0.717) is 10.8 Å². The number of nitrogens with zero attached hydrogens (tertiary/aromatic N) is 1. The second-order valence-corrected chi connectivity index (χ2v) is 6.46. The number of aliphatic hydroxyl groups excluding tert-OH is 1. The number of fused-ring (bicyclic) bond motifs is 2. The van der Waals surface area contributed by atoms with Crippen LogP contribution in [0.1, 0.15) is 35.5 Å². The van der Waals surface area contributed by atoms with E-state index in [9.17, 15) is 5.11 Å². The molecule has 4 nitrogen and oxygen atoms in total. The van der Waals surface area contributed by atoms with Crippen LogP contribution >= 0.6 is 11.6 Å². The average Bonchev–Trinajstić information content (AvgIpc) is 3.18. The lowest BCUT2D eigenvalue weighted by molar-refractivity contribution is 0.212. The number of H-pyrrole nitrogens is 2. The van der Waals surface area contributed by atoms with Crippen LogP contribution in [0, 0.1) is 6.92 Å². The summed E-state index contributed by atoms with van der Waals surface area (Å²) in [6, 6.07) is 9.87. The lowest BCUT2D eigenvalue weighted by atomic mass is 9.93. The zero-order valence-electron chi connectivity index (χ0n) is 13.5. The number of aromatic amines is 2. The number of halogens is 1. The van der Waals surface area contributed by atoms with Crippen LogP contribution in [0.25, 0.3) is 21.9 Å². The van der Waals surface area contributed by atoms with E-state index in [1.807, 2.05) is 31.2 Å². The van der Waals surface area contributed by atoms with Crippen molar-refractivity contribution in [2.45, 2.75) is 26.4 Å². The first-order valence-electron chi connectivity index (χ1n) is 8.01. The van der Waals surface area contributed by atoms with Gasteiger partial charge in [0.25, 0.3) is 0 Å². The Morgan fingerprint density at radius 2 is 2.08 bits per heavy atom. The van der Waals surface area contributed by atoms with Gasteiger partial charge < -0.3 is 15.1 Å². The van der Waals surface area contributed by atoms with Crippen molar-refractivity contribution < 1.29 is 5.11 Å². The Morgan fingerprint density at radius 1 is 1.29 bits per heavy atom. The van der Waals surface area contributed by atoms with E-state index in [4.69, 9.17) is 11.6 Å². The fourth-order valence-corrected chi connectivity index (χ4v) is 3.64. The van der Waals surface area contributed by atoms with Gasteiger partial charge in [-0.2, -0.15) is 0 Å². The minimum absolute atomic E-state index is 0.535. The van der Waals surface area contributed by atoms with Gasteiger partial charge in [0, 0.05) is 17.1 Å². The number of hydrogen-bond donors (Lipinski definition) is 3. The first kappa shape index (κ1) is 15.2. The van der Waals surface area contributed by atoms with E-state index in [0.717, 1.165) is 45.0 Å². The molecule has 0 fully saturated rings. The number of rotatable bonds is 3. The molecule has 0 radical (unpaired) electrons. The van der Waals surface area contributed by atoms with Crippen molar-refractivity contribution in [3.8, 4) is 0 Å². The van der Waals surface area contributed by atoms with Gasteiger partial charge >= 0.3 is 0 Å². The minimum Gasteiger partial charge on any atom is -0.380 e. The highest BCUT2D eigenvalue weighted by Gasteiger charge is 2.23. The van der Waals surface area contributed by atoms with Gasteiger partial charge in [0.1, 0.15) is 11.9 Å². The third-order valence-electron chi connectivity index (χ3n) is 4.55. The van der Waals surface area contributed by atoms with E-state index in [1.54, 1.807) is 6.20 Å². The molecule has 2 aromatic carbocycles. The van der Waals surface area contributed by atoms with Gasteiger partial charge in [0.2, 0.25) is 0 Å². The van der Waals surface area contributed by atoms with Gasteiger partial charge in [-0.05, 0) is 36.6 Å². The van der Waals surface area contributed by atoms with Gasteiger partial charge in [-0.25, -0.2) is 4.98 Å². The van der Waals surface area contributed by atoms with Gasteiger partial charge in [0.05, 0.1) is 21.6 Å². The van der Waals surface area contributed by atoms with Crippen LogP contribution in [-0.4, -0.2) is 20.1 Å². The third-order valence-corrected chi connectivity index (χ3v) is 4.85. The largest absolute Gasteiger partial charge is 0.380 e. The van der Waals surface area contributed by atoms with Gasteiger partial charge in [-0.1, -0.05) is 36.7 Å². The van der Waals surface area contributed by atoms with Crippen molar-refractivity contribution in [2.75, 3.05) is 0 Å². The Labute approximate surface area is 144 Å². The molecule has 4 rings (SSSR count). The molecule has 4 aromatic rings. The summed E-state index contributed by atoms with van der Waals surface area (Å²) in [6.45, 7) is 4.13. The van der Waals surface area contributed by atoms with Crippen LogP contribution in [0.15, 0.2) is 36.5 Å². The summed E-state index contributed by atoms with van der Waals surface area (Å²) in [4.78, 5) is 11.0. The molecule has 0 spiro atoms. The van der Waals surface area contributed by atoms with Crippen LogP contribution in [0.2, 0.25) is 5.02 Å². The summed E-state index contributed by atoms with van der Waals surface area (Å²) in [5, 5.41) is 12.6. The van der Waals surface area contributed by atoms with Crippen LogP contribution in [0.4, 0.5) is 0 Å². The second-order valence-electron chi connectivity index (χ2n) is 6.05. The molecular formula is C19H18ClN3O. The molecule has 1 unspecified atom stereocenters. The third kappa shape index (κ3) is 2.22. The van der Waals surface area contributed by atoms with Crippen molar-refractivity contribution in [1.29, 1.82) is 0 Å². The highest BCUT2D eigenvalue weighted by atomic mass is 35.5. The molecule has 2 heterocycles. The fraction of sp³-hybridized carbons (Fsp3) is 0.211. The summed E-state index contributed by atoms with van der Waals surface area (Å²) >= 11 is 6.42. The maximum Gasteiger partial charge on any atom is 0.140 e. The molecule has 0 aliphatic rings.